The summed E-state index contributed by atoms with van der Waals surface area (Å²) in [5, 5.41) is 4.94. The van der Waals surface area contributed by atoms with Crippen molar-refractivity contribution in [1.29, 1.82) is 0 Å². The number of amides is 2. The van der Waals surface area contributed by atoms with Gasteiger partial charge in [0.05, 0.1) is 5.52 Å². The van der Waals surface area contributed by atoms with Crippen molar-refractivity contribution in [2.45, 2.75) is 12.9 Å². The summed E-state index contributed by atoms with van der Waals surface area (Å²) in [6.45, 7) is -0.178. The lowest BCUT2D eigenvalue weighted by atomic mass is 10.2. The van der Waals surface area contributed by atoms with Gasteiger partial charge in [-0.05, 0) is 24.3 Å². The van der Waals surface area contributed by atoms with Gasteiger partial charge in [0.1, 0.15) is 5.75 Å². The second-order valence-electron chi connectivity index (χ2n) is 5.19. The summed E-state index contributed by atoms with van der Waals surface area (Å²) in [6, 6.07) is 9.34. The van der Waals surface area contributed by atoms with Crippen LogP contribution in [0.2, 0.25) is 0 Å². The number of anilines is 1. The Hall–Kier alpha value is -3.43. The third-order valence-electron chi connectivity index (χ3n) is 3.31. The zero-order valence-electron chi connectivity index (χ0n) is 13.0. The fourth-order valence-corrected chi connectivity index (χ4v) is 2.25. The van der Waals surface area contributed by atoms with E-state index in [1.54, 1.807) is 0 Å². The number of benzene rings is 2. The summed E-state index contributed by atoms with van der Waals surface area (Å²) in [6.07, 6.45) is -4.82. The number of H-pyrrole nitrogens is 1. The van der Waals surface area contributed by atoms with Gasteiger partial charge in [-0.2, -0.15) is 0 Å². The number of aromatic nitrogens is 1. The van der Waals surface area contributed by atoms with Gasteiger partial charge >= 0.3 is 18.1 Å². The van der Waals surface area contributed by atoms with Crippen LogP contribution in [0, 0.1) is 0 Å². The zero-order valence-corrected chi connectivity index (χ0v) is 13.0. The first kappa shape index (κ1) is 17.4. The van der Waals surface area contributed by atoms with Crippen LogP contribution in [0.3, 0.4) is 0 Å². The molecular formula is C16H12F3N3O4. The molecule has 1 heterocycles. The number of hydrogen-bond acceptors (Lipinski definition) is 4. The van der Waals surface area contributed by atoms with Gasteiger partial charge in [0, 0.05) is 17.8 Å². The summed E-state index contributed by atoms with van der Waals surface area (Å²) in [5.41, 5.74) is 1.26. The van der Waals surface area contributed by atoms with Crippen molar-refractivity contribution in [3.05, 3.63) is 58.6 Å². The molecule has 0 bridgehead atoms. The van der Waals surface area contributed by atoms with Crippen molar-refractivity contribution in [2.75, 3.05) is 5.32 Å². The van der Waals surface area contributed by atoms with Crippen LogP contribution in [0.4, 0.5) is 23.7 Å². The van der Waals surface area contributed by atoms with E-state index in [2.05, 4.69) is 20.4 Å². The van der Waals surface area contributed by atoms with Crippen molar-refractivity contribution >= 4 is 22.8 Å². The molecule has 2 aromatic carbocycles. The second kappa shape index (κ2) is 6.82. The van der Waals surface area contributed by atoms with Crippen molar-refractivity contribution < 1.29 is 27.1 Å². The molecule has 3 aromatic rings. The third-order valence-corrected chi connectivity index (χ3v) is 3.31. The van der Waals surface area contributed by atoms with Crippen molar-refractivity contribution in [2.24, 2.45) is 0 Å². The minimum absolute atomic E-state index is 0.162. The second-order valence-corrected chi connectivity index (χ2v) is 5.19. The highest BCUT2D eigenvalue weighted by Crippen LogP contribution is 2.26. The van der Waals surface area contributed by atoms with Crippen LogP contribution in [-0.2, 0) is 6.54 Å². The van der Waals surface area contributed by atoms with Gasteiger partial charge < -0.3 is 19.8 Å². The number of oxazole rings is 1. The standard InChI is InChI=1S/C16H12F3N3O4/c17-16(18,19)26-12-4-2-1-3-9(12)8-20-14(23)21-10-5-6-13-11(7-10)22-15(24)25-13/h1-7H,8H2,(H,22,24)(H2,20,21,23). The topological polar surface area (TPSA) is 96.4 Å². The highest BCUT2D eigenvalue weighted by Gasteiger charge is 2.31. The molecule has 2 amide bonds. The molecule has 0 aliphatic carbocycles. The molecule has 0 fully saturated rings. The number of nitrogens with one attached hydrogen (secondary N) is 3. The summed E-state index contributed by atoms with van der Waals surface area (Å²) in [4.78, 5) is 25.5. The van der Waals surface area contributed by atoms with Gasteiger partial charge in [-0.25, -0.2) is 9.59 Å². The highest BCUT2D eigenvalue weighted by atomic mass is 19.4. The molecule has 0 atom stereocenters. The fourth-order valence-electron chi connectivity index (χ4n) is 2.25. The Morgan fingerprint density at radius 1 is 1.19 bits per heavy atom. The lowest BCUT2D eigenvalue weighted by molar-refractivity contribution is -0.274. The first-order valence-corrected chi connectivity index (χ1v) is 7.31. The van der Waals surface area contributed by atoms with Gasteiger partial charge in [-0.3, -0.25) is 4.98 Å². The first-order chi connectivity index (χ1) is 12.3. The number of ether oxygens (including phenoxy) is 1. The van der Waals surface area contributed by atoms with E-state index < -0.39 is 23.9 Å². The molecule has 136 valence electrons. The molecule has 0 saturated carbocycles. The lowest BCUT2D eigenvalue weighted by Crippen LogP contribution is -2.28. The van der Waals surface area contributed by atoms with Gasteiger partial charge in [0.25, 0.3) is 0 Å². The van der Waals surface area contributed by atoms with Crippen LogP contribution in [-0.4, -0.2) is 17.4 Å². The zero-order chi connectivity index (χ0) is 18.7. The molecule has 3 rings (SSSR count). The molecular weight excluding hydrogens is 355 g/mol. The average Bonchev–Trinajstić information content (AvgIpc) is 2.92. The Morgan fingerprint density at radius 3 is 2.73 bits per heavy atom. The van der Waals surface area contributed by atoms with Gasteiger partial charge in [-0.1, -0.05) is 18.2 Å². The molecule has 0 spiro atoms. The number of hydrogen-bond donors (Lipinski definition) is 3. The van der Waals surface area contributed by atoms with Crippen LogP contribution in [0.1, 0.15) is 5.56 Å². The largest absolute Gasteiger partial charge is 0.573 e. The number of fused-ring (bicyclic) bond motifs is 1. The van der Waals surface area contributed by atoms with Crippen LogP contribution in [0.15, 0.2) is 51.7 Å². The summed E-state index contributed by atoms with van der Waals surface area (Å²) in [7, 11) is 0. The molecule has 7 nitrogen and oxygen atoms in total. The molecule has 0 saturated heterocycles. The Kier molecular flexibility index (Phi) is 4.57. The predicted octanol–water partition coefficient (Wildman–Crippen LogP) is 3.34. The number of alkyl halides is 3. The van der Waals surface area contributed by atoms with E-state index in [9.17, 15) is 22.8 Å². The monoisotopic (exact) mass is 367 g/mol. The van der Waals surface area contributed by atoms with Crippen LogP contribution in [0.25, 0.3) is 11.1 Å². The number of carbonyl (C=O) groups excluding carboxylic acids is 1. The number of urea groups is 1. The van der Waals surface area contributed by atoms with Crippen molar-refractivity contribution in [1.82, 2.24) is 10.3 Å². The molecule has 10 heteroatoms. The number of halogens is 3. The van der Waals surface area contributed by atoms with Crippen LogP contribution in [0.5, 0.6) is 5.75 Å². The number of rotatable bonds is 4. The minimum Gasteiger partial charge on any atom is -0.408 e. The van der Waals surface area contributed by atoms with E-state index in [0.29, 0.717) is 16.8 Å². The predicted molar refractivity (Wildman–Crippen MR) is 85.8 cm³/mol. The maximum absolute atomic E-state index is 12.4. The van der Waals surface area contributed by atoms with Crippen molar-refractivity contribution in [3.63, 3.8) is 0 Å². The Bertz CT molecular complexity index is 994. The molecule has 1 aromatic heterocycles. The van der Waals surface area contributed by atoms with Crippen LogP contribution < -0.4 is 21.1 Å². The SMILES string of the molecule is O=C(NCc1ccccc1OC(F)(F)F)Nc1ccc2oc(=O)[nH]c2c1. The Labute approximate surface area is 143 Å². The maximum Gasteiger partial charge on any atom is 0.573 e. The Morgan fingerprint density at radius 2 is 1.96 bits per heavy atom. The quantitative estimate of drug-likeness (QED) is 0.659. The Balaban J connectivity index is 1.64. The van der Waals surface area contributed by atoms with E-state index in [1.807, 2.05) is 0 Å². The normalized spacial score (nSPS) is 11.3. The first-order valence-electron chi connectivity index (χ1n) is 7.31. The third kappa shape index (κ3) is 4.35. The molecule has 0 unspecified atom stereocenters. The summed E-state index contributed by atoms with van der Waals surface area (Å²) in [5.74, 6) is -1.01. The smallest absolute Gasteiger partial charge is 0.408 e. The highest BCUT2D eigenvalue weighted by molar-refractivity contribution is 5.91. The van der Waals surface area contributed by atoms with E-state index in [4.69, 9.17) is 4.42 Å². The number of para-hydroxylation sites is 1. The molecule has 0 radical (unpaired) electrons. The van der Waals surface area contributed by atoms with Gasteiger partial charge in [-0.15, -0.1) is 13.2 Å². The number of aromatic amines is 1. The van der Waals surface area contributed by atoms with E-state index >= 15 is 0 Å². The molecule has 26 heavy (non-hydrogen) atoms. The maximum atomic E-state index is 12.4. The van der Waals surface area contributed by atoms with E-state index in [0.717, 1.165) is 6.07 Å². The van der Waals surface area contributed by atoms with Gasteiger partial charge in [0.15, 0.2) is 5.58 Å². The molecule has 0 aliphatic heterocycles. The van der Waals surface area contributed by atoms with E-state index in [1.165, 1.54) is 36.4 Å². The summed E-state index contributed by atoms with van der Waals surface area (Å²) >= 11 is 0. The molecule has 0 aliphatic rings. The number of carbonyl (C=O) groups is 1. The fraction of sp³-hybridized carbons (Fsp3) is 0.125. The minimum atomic E-state index is -4.82. The van der Waals surface area contributed by atoms with E-state index in [-0.39, 0.29) is 12.1 Å². The lowest BCUT2D eigenvalue weighted by Gasteiger charge is -2.14. The van der Waals surface area contributed by atoms with Gasteiger partial charge in [0.2, 0.25) is 0 Å². The summed E-state index contributed by atoms with van der Waals surface area (Å²) < 4.78 is 45.9. The molecule has 3 N–H and O–H groups in total. The van der Waals surface area contributed by atoms with Crippen LogP contribution >= 0.6 is 0 Å². The average molecular weight is 367 g/mol. The van der Waals surface area contributed by atoms with Crippen molar-refractivity contribution in [3.8, 4) is 5.75 Å².